The van der Waals surface area contributed by atoms with E-state index in [0.717, 1.165) is 38.4 Å². The fraction of sp³-hybridized carbons (Fsp3) is 0.571. The molecule has 92 valence electrons. The molecule has 1 saturated heterocycles. The molecule has 1 aromatic rings. The summed E-state index contributed by atoms with van der Waals surface area (Å²) < 4.78 is 11.0. The summed E-state index contributed by atoms with van der Waals surface area (Å²) in [5.41, 5.74) is 8.80. The zero-order valence-corrected chi connectivity index (χ0v) is 10.2. The highest BCUT2D eigenvalue weighted by molar-refractivity contribution is 5.43. The third kappa shape index (κ3) is 1.83. The fourth-order valence-electron chi connectivity index (χ4n) is 2.88. The lowest BCUT2D eigenvalue weighted by molar-refractivity contribution is -0.0665. The zero-order chi connectivity index (χ0) is 11.9. The average Bonchev–Trinajstić information content (AvgIpc) is 2.69. The first-order valence-corrected chi connectivity index (χ1v) is 6.29. The molecule has 0 radical (unpaired) electrons. The van der Waals surface area contributed by atoms with Gasteiger partial charge in [0.15, 0.2) is 0 Å². The van der Waals surface area contributed by atoms with Gasteiger partial charge in [0.1, 0.15) is 5.75 Å². The van der Waals surface area contributed by atoms with Crippen LogP contribution in [-0.2, 0) is 16.6 Å². The first-order valence-electron chi connectivity index (χ1n) is 6.29. The number of rotatable bonds is 3. The molecule has 3 nitrogen and oxygen atoms in total. The van der Waals surface area contributed by atoms with Gasteiger partial charge in [-0.25, -0.2) is 0 Å². The molecule has 1 aromatic carbocycles. The van der Waals surface area contributed by atoms with Crippen molar-refractivity contribution >= 4 is 0 Å². The second kappa shape index (κ2) is 4.00. The van der Waals surface area contributed by atoms with E-state index in [2.05, 4.69) is 25.1 Å². The maximum absolute atomic E-state index is 5.96. The van der Waals surface area contributed by atoms with Gasteiger partial charge in [0, 0.05) is 17.9 Å². The van der Waals surface area contributed by atoms with Gasteiger partial charge in [-0.2, -0.15) is 0 Å². The zero-order valence-electron chi connectivity index (χ0n) is 10.2. The molecular formula is C14H19NO2. The van der Waals surface area contributed by atoms with Crippen molar-refractivity contribution in [3.63, 3.8) is 0 Å². The number of hydrogen-bond acceptors (Lipinski definition) is 3. The highest BCUT2D eigenvalue weighted by Crippen LogP contribution is 2.39. The number of ether oxygens (including phenoxy) is 2. The van der Waals surface area contributed by atoms with E-state index in [1.165, 1.54) is 11.1 Å². The van der Waals surface area contributed by atoms with E-state index in [1.54, 1.807) is 0 Å². The smallest absolute Gasteiger partial charge is 0.122 e. The molecule has 2 aliphatic rings. The molecule has 0 amide bonds. The van der Waals surface area contributed by atoms with Crippen LogP contribution in [0.2, 0.25) is 0 Å². The van der Waals surface area contributed by atoms with E-state index in [9.17, 15) is 0 Å². The minimum atomic E-state index is 0.145. The Morgan fingerprint density at radius 3 is 2.88 bits per heavy atom. The van der Waals surface area contributed by atoms with E-state index < -0.39 is 0 Å². The molecule has 17 heavy (non-hydrogen) atoms. The van der Waals surface area contributed by atoms with Gasteiger partial charge in [-0.05, 0) is 30.5 Å². The lowest BCUT2D eigenvalue weighted by Gasteiger charge is -2.43. The van der Waals surface area contributed by atoms with Gasteiger partial charge >= 0.3 is 0 Å². The molecule has 2 aliphatic heterocycles. The fourth-order valence-corrected chi connectivity index (χ4v) is 2.88. The topological polar surface area (TPSA) is 44.5 Å². The van der Waals surface area contributed by atoms with Crippen molar-refractivity contribution in [3.8, 4) is 5.75 Å². The summed E-state index contributed by atoms with van der Waals surface area (Å²) in [4.78, 5) is 0. The molecular weight excluding hydrogens is 214 g/mol. The van der Waals surface area contributed by atoms with Crippen LogP contribution in [0.3, 0.4) is 0 Å². The van der Waals surface area contributed by atoms with Crippen LogP contribution in [0, 0.1) is 0 Å². The molecule has 2 N–H and O–H groups in total. The van der Waals surface area contributed by atoms with Gasteiger partial charge in [-0.15, -0.1) is 0 Å². The van der Waals surface area contributed by atoms with Crippen molar-refractivity contribution in [2.75, 3.05) is 19.8 Å². The SMILES string of the molecule is CC(N)CC1(c2ccc3c(c2)CCO3)COC1. The van der Waals surface area contributed by atoms with Crippen molar-refractivity contribution in [3.05, 3.63) is 29.3 Å². The second-order valence-corrected chi connectivity index (χ2v) is 5.38. The quantitative estimate of drug-likeness (QED) is 0.863. The molecule has 3 rings (SSSR count). The van der Waals surface area contributed by atoms with E-state index >= 15 is 0 Å². The molecule has 0 saturated carbocycles. The third-order valence-electron chi connectivity index (χ3n) is 3.77. The summed E-state index contributed by atoms with van der Waals surface area (Å²) in [5, 5.41) is 0. The van der Waals surface area contributed by atoms with Crippen LogP contribution in [-0.4, -0.2) is 25.9 Å². The summed E-state index contributed by atoms with van der Waals surface area (Å²) in [5.74, 6) is 1.05. The number of hydrogen-bond donors (Lipinski definition) is 1. The predicted octanol–water partition coefficient (Wildman–Crippen LogP) is 1.63. The maximum Gasteiger partial charge on any atom is 0.122 e. The Balaban J connectivity index is 1.91. The number of benzene rings is 1. The van der Waals surface area contributed by atoms with E-state index in [-0.39, 0.29) is 11.5 Å². The van der Waals surface area contributed by atoms with Crippen molar-refractivity contribution in [1.29, 1.82) is 0 Å². The van der Waals surface area contributed by atoms with Gasteiger partial charge in [0.2, 0.25) is 0 Å². The summed E-state index contributed by atoms with van der Waals surface area (Å²) in [6.45, 7) is 4.48. The first-order chi connectivity index (χ1) is 8.20. The molecule has 0 spiro atoms. The summed E-state index contributed by atoms with van der Waals surface area (Å²) in [6.07, 6.45) is 2.02. The number of nitrogens with two attached hydrogens (primary N) is 1. The van der Waals surface area contributed by atoms with Crippen molar-refractivity contribution in [2.45, 2.75) is 31.2 Å². The molecule has 2 heterocycles. The van der Waals surface area contributed by atoms with Gasteiger partial charge in [0.05, 0.1) is 19.8 Å². The summed E-state index contributed by atoms with van der Waals surface area (Å²) in [6, 6.07) is 6.77. The van der Waals surface area contributed by atoms with Crippen LogP contribution >= 0.6 is 0 Å². The Morgan fingerprint density at radius 1 is 1.41 bits per heavy atom. The van der Waals surface area contributed by atoms with Crippen LogP contribution in [0.4, 0.5) is 0 Å². The molecule has 3 heteroatoms. The molecule has 1 unspecified atom stereocenters. The van der Waals surface area contributed by atoms with E-state index in [1.807, 2.05) is 0 Å². The second-order valence-electron chi connectivity index (χ2n) is 5.38. The predicted molar refractivity (Wildman–Crippen MR) is 66.4 cm³/mol. The Bertz CT molecular complexity index is 424. The van der Waals surface area contributed by atoms with Crippen molar-refractivity contribution < 1.29 is 9.47 Å². The van der Waals surface area contributed by atoms with Crippen LogP contribution in [0.25, 0.3) is 0 Å². The molecule has 1 fully saturated rings. The number of fused-ring (bicyclic) bond motifs is 1. The van der Waals surface area contributed by atoms with Gasteiger partial charge < -0.3 is 15.2 Å². The molecule has 0 aromatic heterocycles. The Labute approximate surface area is 102 Å². The highest BCUT2D eigenvalue weighted by Gasteiger charge is 2.41. The van der Waals surface area contributed by atoms with E-state index in [0.29, 0.717) is 0 Å². The minimum Gasteiger partial charge on any atom is -0.493 e. The largest absolute Gasteiger partial charge is 0.493 e. The highest BCUT2D eigenvalue weighted by atomic mass is 16.5. The normalized spacial score (nSPS) is 22.5. The van der Waals surface area contributed by atoms with Gasteiger partial charge in [-0.1, -0.05) is 12.1 Å². The molecule has 0 bridgehead atoms. The Kier molecular flexibility index (Phi) is 2.60. The lowest BCUT2D eigenvalue weighted by atomic mass is 9.73. The van der Waals surface area contributed by atoms with Crippen molar-refractivity contribution in [1.82, 2.24) is 0 Å². The first kappa shape index (κ1) is 11.1. The standard InChI is InChI=1S/C14H19NO2/c1-10(15)7-14(8-16-9-14)12-2-3-13-11(6-12)4-5-17-13/h2-3,6,10H,4-5,7-9,15H2,1H3. The van der Waals surface area contributed by atoms with Gasteiger partial charge in [-0.3, -0.25) is 0 Å². The third-order valence-corrected chi connectivity index (χ3v) is 3.77. The minimum absolute atomic E-state index is 0.145. The molecule has 1 atom stereocenters. The van der Waals surface area contributed by atoms with Crippen LogP contribution in [0.1, 0.15) is 24.5 Å². The van der Waals surface area contributed by atoms with Crippen LogP contribution in [0.15, 0.2) is 18.2 Å². The summed E-state index contributed by atoms with van der Waals surface area (Å²) in [7, 11) is 0. The Hall–Kier alpha value is -1.06. The van der Waals surface area contributed by atoms with Crippen LogP contribution in [0.5, 0.6) is 5.75 Å². The molecule has 0 aliphatic carbocycles. The van der Waals surface area contributed by atoms with Crippen molar-refractivity contribution in [2.24, 2.45) is 5.73 Å². The van der Waals surface area contributed by atoms with Crippen LogP contribution < -0.4 is 10.5 Å². The van der Waals surface area contributed by atoms with E-state index in [4.69, 9.17) is 15.2 Å². The lowest BCUT2D eigenvalue weighted by Crippen LogP contribution is -2.49. The average molecular weight is 233 g/mol. The van der Waals surface area contributed by atoms with Gasteiger partial charge in [0.25, 0.3) is 0 Å². The maximum atomic E-state index is 5.96. The monoisotopic (exact) mass is 233 g/mol. The Morgan fingerprint density at radius 2 is 2.24 bits per heavy atom. The summed E-state index contributed by atoms with van der Waals surface area (Å²) >= 11 is 0.